The molecule has 0 aliphatic rings. The molecule has 0 atom stereocenters. The number of benzene rings is 1. The zero-order valence-electron chi connectivity index (χ0n) is 6.53. The Morgan fingerprint density at radius 1 is 1.42 bits per heavy atom. The summed E-state index contributed by atoms with van der Waals surface area (Å²) in [7, 11) is 0. The molecule has 2 nitrogen and oxygen atoms in total. The molecule has 1 aromatic rings. The summed E-state index contributed by atoms with van der Waals surface area (Å²) in [6, 6.07) is 3.36. The number of carbonyl (C=O) groups is 1. The average molecular weight is 199 g/mol. The Kier molecular flexibility index (Phi) is 2.69. The van der Waals surface area contributed by atoms with Gasteiger partial charge in [0.2, 0.25) is 5.91 Å². The number of amides is 1. The van der Waals surface area contributed by atoms with E-state index in [-0.39, 0.29) is 0 Å². The fourth-order valence-corrected chi connectivity index (χ4v) is 1.39. The molecule has 1 aromatic carbocycles. The van der Waals surface area contributed by atoms with Crippen LogP contribution in [0, 0.1) is 6.92 Å². The summed E-state index contributed by atoms with van der Waals surface area (Å²) in [5.41, 5.74) is 6.41. The zero-order chi connectivity index (χ0) is 9.30. The number of carbonyl (C=O) groups excluding carboxylic acids is 1. The summed E-state index contributed by atoms with van der Waals surface area (Å²) in [5, 5.41) is 0. The predicted octanol–water partition coefficient (Wildman–Crippen LogP) is 1.67. The van der Waals surface area contributed by atoms with Gasteiger partial charge < -0.3 is 5.73 Å². The number of rotatable bonds is 1. The van der Waals surface area contributed by atoms with E-state index < -0.39 is 5.91 Å². The Labute approximate surface area is 82.0 Å². The van der Waals surface area contributed by atoms with Gasteiger partial charge in [-0.15, -0.1) is 25.3 Å². The largest absolute Gasteiger partial charge is 0.366 e. The van der Waals surface area contributed by atoms with Gasteiger partial charge in [-0.25, -0.2) is 0 Å². The molecule has 0 bridgehead atoms. The Balaban J connectivity index is 3.36. The SMILES string of the molecule is Cc1c(C(N)=O)ccc(S)c1S. The highest BCUT2D eigenvalue weighted by molar-refractivity contribution is 7.83. The molecule has 0 fully saturated rings. The third-order valence-corrected chi connectivity index (χ3v) is 2.80. The van der Waals surface area contributed by atoms with Gasteiger partial charge in [0, 0.05) is 15.4 Å². The Morgan fingerprint density at radius 3 is 2.50 bits per heavy atom. The monoisotopic (exact) mass is 199 g/mol. The second-order valence-corrected chi connectivity index (χ2v) is 3.40. The Hall–Kier alpha value is -0.610. The molecule has 0 saturated carbocycles. The van der Waals surface area contributed by atoms with Gasteiger partial charge in [0.15, 0.2) is 0 Å². The maximum absolute atomic E-state index is 10.8. The van der Waals surface area contributed by atoms with E-state index in [1.807, 2.05) is 0 Å². The first-order valence-electron chi connectivity index (χ1n) is 3.35. The molecule has 1 rings (SSSR count). The van der Waals surface area contributed by atoms with Crippen LogP contribution in [0.4, 0.5) is 0 Å². The van der Waals surface area contributed by atoms with Crippen molar-refractivity contribution in [2.75, 3.05) is 0 Å². The summed E-state index contributed by atoms with van der Waals surface area (Å²) in [5.74, 6) is -0.434. The van der Waals surface area contributed by atoms with Gasteiger partial charge in [-0.3, -0.25) is 4.79 Å². The second kappa shape index (κ2) is 3.41. The molecule has 0 radical (unpaired) electrons. The molecule has 0 unspecified atom stereocenters. The fraction of sp³-hybridized carbons (Fsp3) is 0.125. The molecule has 0 aromatic heterocycles. The van der Waals surface area contributed by atoms with Crippen LogP contribution in [0.3, 0.4) is 0 Å². The minimum absolute atomic E-state index is 0.434. The lowest BCUT2D eigenvalue weighted by Gasteiger charge is -2.06. The number of nitrogens with two attached hydrogens (primary N) is 1. The summed E-state index contributed by atoms with van der Waals surface area (Å²) >= 11 is 8.35. The van der Waals surface area contributed by atoms with E-state index in [9.17, 15) is 4.79 Å². The summed E-state index contributed by atoms with van der Waals surface area (Å²) in [6.45, 7) is 1.79. The highest BCUT2D eigenvalue weighted by atomic mass is 32.1. The number of primary amides is 1. The van der Waals surface area contributed by atoms with Gasteiger partial charge >= 0.3 is 0 Å². The molecule has 0 spiro atoms. The van der Waals surface area contributed by atoms with Crippen molar-refractivity contribution in [2.45, 2.75) is 16.7 Å². The van der Waals surface area contributed by atoms with Gasteiger partial charge in [0.05, 0.1) is 0 Å². The first-order chi connectivity index (χ1) is 5.54. The molecule has 2 N–H and O–H groups in total. The molecule has 1 amide bonds. The van der Waals surface area contributed by atoms with Crippen molar-refractivity contribution in [2.24, 2.45) is 5.73 Å². The molecule has 0 saturated heterocycles. The van der Waals surface area contributed by atoms with E-state index in [2.05, 4.69) is 25.3 Å². The highest BCUT2D eigenvalue weighted by Gasteiger charge is 2.08. The summed E-state index contributed by atoms with van der Waals surface area (Å²) < 4.78 is 0. The molecule has 0 aliphatic heterocycles. The van der Waals surface area contributed by atoms with Gasteiger partial charge in [0.25, 0.3) is 0 Å². The normalized spacial score (nSPS) is 9.92. The Bertz CT molecular complexity index is 336. The number of thiol groups is 2. The van der Waals surface area contributed by atoms with Crippen molar-refractivity contribution < 1.29 is 4.79 Å². The zero-order valence-corrected chi connectivity index (χ0v) is 8.32. The molecule has 0 aliphatic carbocycles. The minimum atomic E-state index is -0.434. The maximum atomic E-state index is 10.8. The van der Waals surface area contributed by atoms with Crippen LogP contribution >= 0.6 is 25.3 Å². The van der Waals surface area contributed by atoms with Crippen molar-refractivity contribution >= 4 is 31.2 Å². The van der Waals surface area contributed by atoms with Crippen molar-refractivity contribution in [3.63, 3.8) is 0 Å². The Morgan fingerprint density at radius 2 is 2.00 bits per heavy atom. The van der Waals surface area contributed by atoms with E-state index in [4.69, 9.17) is 5.73 Å². The molecular formula is C8H9NOS2. The lowest BCUT2D eigenvalue weighted by molar-refractivity contribution is 0.0999. The maximum Gasteiger partial charge on any atom is 0.249 e. The predicted molar refractivity (Wildman–Crippen MR) is 54.2 cm³/mol. The van der Waals surface area contributed by atoms with E-state index in [1.54, 1.807) is 19.1 Å². The lowest BCUT2D eigenvalue weighted by atomic mass is 10.1. The average Bonchev–Trinajstić information content (AvgIpc) is 2.00. The van der Waals surface area contributed by atoms with E-state index in [0.29, 0.717) is 10.5 Å². The fourth-order valence-electron chi connectivity index (χ4n) is 0.953. The van der Waals surface area contributed by atoms with Gasteiger partial charge in [-0.1, -0.05) is 0 Å². The van der Waals surface area contributed by atoms with Gasteiger partial charge in [-0.05, 0) is 24.6 Å². The van der Waals surface area contributed by atoms with Crippen LogP contribution in [-0.2, 0) is 0 Å². The van der Waals surface area contributed by atoms with Crippen molar-refractivity contribution in [3.05, 3.63) is 23.3 Å². The van der Waals surface area contributed by atoms with Crippen molar-refractivity contribution in [3.8, 4) is 0 Å². The van der Waals surface area contributed by atoms with Crippen LogP contribution in [0.1, 0.15) is 15.9 Å². The molecular weight excluding hydrogens is 190 g/mol. The first kappa shape index (κ1) is 9.48. The standard InChI is InChI=1S/C8H9NOS2/c1-4-5(8(9)10)2-3-6(11)7(4)12/h2-3,11-12H,1H3,(H2,9,10). The number of hydrogen-bond donors (Lipinski definition) is 3. The van der Waals surface area contributed by atoms with Crippen LogP contribution in [-0.4, -0.2) is 5.91 Å². The quantitative estimate of drug-likeness (QED) is 0.592. The lowest BCUT2D eigenvalue weighted by Crippen LogP contribution is -2.12. The van der Waals surface area contributed by atoms with Crippen molar-refractivity contribution in [1.82, 2.24) is 0 Å². The van der Waals surface area contributed by atoms with Crippen LogP contribution in [0.15, 0.2) is 21.9 Å². The third kappa shape index (κ3) is 1.59. The van der Waals surface area contributed by atoms with Crippen LogP contribution in [0.25, 0.3) is 0 Å². The van der Waals surface area contributed by atoms with Gasteiger partial charge in [0.1, 0.15) is 0 Å². The smallest absolute Gasteiger partial charge is 0.249 e. The first-order valence-corrected chi connectivity index (χ1v) is 4.25. The van der Waals surface area contributed by atoms with E-state index in [1.165, 1.54) is 0 Å². The van der Waals surface area contributed by atoms with E-state index in [0.717, 1.165) is 10.5 Å². The third-order valence-electron chi connectivity index (χ3n) is 1.68. The molecule has 64 valence electrons. The van der Waals surface area contributed by atoms with Crippen molar-refractivity contribution in [1.29, 1.82) is 0 Å². The number of hydrogen-bond acceptors (Lipinski definition) is 3. The highest BCUT2D eigenvalue weighted by Crippen LogP contribution is 2.24. The van der Waals surface area contributed by atoms with Crippen LogP contribution in [0.5, 0.6) is 0 Å². The molecule has 12 heavy (non-hydrogen) atoms. The molecule has 4 heteroatoms. The van der Waals surface area contributed by atoms with Crippen LogP contribution in [0.2, 0.25) is 0 Å². The minimum Gasteiger partial charge on any atom is -0.366 e. The van der Waals surface area contributed by atoms with E-state index >= 15 is 0 Å². The second-order valence-electron chi connectivity index (χ2n) is 2.47. The topological polar surface area (TPSA) is 43.1 Å². The summed E-state index contributed by atoms with van der Waals surface area (Å²) in [4.78, 5) is 12.3. The summed E-state index contributed by atoms with van der Waals surface area (Å²) in [6.07, 6.45) is 0. The molecule has 0 heterocycles. The van der Waals surface area contributed by atoms with Crippen LogP contribution < -0.4 is 5.73 Å². The van der Waals surface area contributed by atoms with Gasteiger partial charge in [-0.2, -0.15) is 0 Å².